The maximum Gasteiger partial charge on any atom is 0.0227 e. The van der Waals surface area contributed by atoms with Gasteiger partial charge in [-0.05, 0) is 37.6 Å². The molecule has 0 aromatic rings. The Morgan fingerprint density at radius 1 is 0.941 bits per heavy atom. The van der Waals surface area contributed by atoms with E-state index in [1.54, 1.807) is 0 Å². The van der Waals surface area contributed by atoms with Gasteiger partial charge in [-0.1, -0.05) is 27.7 Å². The molecule has 0 aromatic carbocycles. The predicted molar refractivity (Wildman–Crippen MR) is 74.2 cm³/mol. The van der Waals surface area contributed by atoms with Gasteiger partial charge in [0.1, 0.15) is 0 Å². The second-order valence-electron chi connectivity index (χ2n) is 6.92. The molecule has 2 aliphatic rings. The first-order chi connectivity index (χ1) is 8.06. The van der Waals surface area contributed by atoms with Crippen LogP contribution in [0, 0.1) is 11.8 Å². The average Bonchev–Trinajstić information content (AvgIpc) is 2.45. The van der Waals surface area contributed by atoms with Crippen molar-refractivity contribution in [2.75, 3.05) is 26.2 Å². The van der Waals surface area contributed by atoms with Crippen LogP contribution in [0.15, 0.2) is 0 Å². The van der Waals surface area contributed by atoms with Crippen molar-refractivity contribution in [1.29, 1.82) is 0 Å². The molecule has 2 bridgehead atoms. The second kappa shape index (κ2) is 5.71. The summed E-state index contributed by atoms with van der Waals surface area (Å²) in [5.74, 6) is 1.67. The van der Waals surface area contributed by atoms with Gasteiger partial charge in [-0.2, -0.15) is 0 Å². The normalized spacial score (nSPS) is 30.7. The van der Waals surface area contributed by atoms with Gasteiger partial charge in [0.2, 0.25) is 0 Å². The number of rotatable bonds is 5. The Morgan fingerprint density at radius 2 is 1.53 bits per heavy atom. The van der Waals surface area contributed by atoms with E-state index in [9.17, 15) is 0 Å². The van der Waals surface area contributed by atoms with Crippen molar-refractivity contribution >= 4 is 0 Å². The van der Waals surface area contributed by atoms with Gasteiger partial charge >= 0.3 is 0 Å². The van der Waals surface area contributed by atoms with Gasteiger partial charge in [-0.25, -0.2) is 0 Å². The van der Waals surface area contributed by atoms with Crippen LogP contribution in [-0.2, 0) is 0 Å². The summed E-state index contributed by atoms with van der Waals surface area (Å²) in [6.45, 7) is 14.7. The molecule has 17 heavy (non-hydrogen) atoms. The summed E-state index contributed by atoms with van der Waals surface area (Å²) in [5.41, 5.74) is 0. The van der Waals surface area contributed by atoms with Crippen LogP contribution in [0.4, 0.5) is 0 Å². The minimum Gasteiger partial charge on any atom is -0.300 e. The van der Waals surface area contributed by atoms with E-state index < -0.39 is 0 Å². The van der Waals surface area contributed by atoms with Gasteiger partial charge in [-0.3, -0.25) is 9.80 Å². The van der Waals surface area contributed by atoms with Crippen molar-refractivity contribution in [2.24, 2.45) is 11.8 Å². The zero-order valence-electron chi connectivity index (χ0n) is 12.2. The molecule has 0 radical (unpaired) electrons. The molecule has 100 valence electrons. The van der Waals surface area contributed by atoms with Gasteiger partial charge in [0.25, 0.3) is 0 Å². The van der Waals surface area contributed by atoms with Crippen LogP contribution in [0.3, 0.4) is 0 Å². The minimum atomic E-state index is 0.816. The quantitative estimate of drug-likeness (QED) is 0.727. The van der Waals surface area contributed by atoms with E-state index in [4.69, 9.17) is 0 Å². The maximum absolute atomic E-state index is 2.82. The van der Waals surface area contributed by atoms with Crippen LogP contribution in [0.1, 0.15) is 47.0 Å². The van der Waals surface area contributed by atoms with Crippen molar-refractivity contribution in [3.8, 4) is 0 Å². The number of piperazine rings is 1. The van der Waals surface area contributed by atoms with E-state index in [0.717, 1.165) is 23.9 Å². The van der Waals surface area contributed by atoms with Gasteiger partial charge in [0, 0.05) is 31.7 Å². The van der Waals surface area contributed by atoms with Gasteiger partial charge < -0.3 is 0 Å². The fourth-order valence-corrected chi connectivity index (χ4v) is 3.52. The van der Waals surface area contributed by atoms with Gasteiger partial charge in [-0.15, -0.1) is 0 Å². The van der Waals surface area contributed by atoms with E-state index >= 15 is 0 Å². The zero-order chi connectivity index (χ0) is 12.4. The van der Waals surface area contributed by atoms with Crippen LogP contribution in [0.2, 0.25) is 0 Å². The Hall–Kier alpha value is -0.0800. The van der Waals surface area contributed by atoms with Crippen molar-refractivity contribution in [3.05, 3.63) is 0 Å². The minimum absolute atomic E-state index is 0.816. The van der Waals surface area contributed by atoms with Crippen LogP contribution < -0.4 is 0 Å². The van der Waals surface area contributed by atoms with E-state index in [2.05, 4.69) is 37.5 Å². The Labute approximate surface area is 107 Å². The summed E-state index contributed by atoms with van der Waals surface area (Å²) in [4.78, 5) is 5.52. The monoisotopic (exact) mass is 238 g/mol. The van der Waals surface area contributed by atoms with E-state index in [0.29, 0.717) is 0 Å². The largest absolute Gasteiger partial charge is 0.300 e. The van der Waals surface area contributed by atoms with Crippen molar-refractivity contribution in [1.82, 2.24) is 9.80 Å². The second-order valence-corrected chi connectivity index (χ2v) is 6.92. The van der Waals surface area contributed by atoms with Crippen molar-refractivity contribution in [3.63, 3.8) is 0 Å². The lowest BCUT2D eigenvalue weighted by Gasteiger charge is -2.42. The molecule has 0 spiro atoms. The lowest BCUT2D eigenvalue weighted by molar-refractivity contribution is 0.0572. The highest BCUT2D eigenvalue weighted by Crippen LogP contribution is 2.30. The molecule has 2 nitrogen and oxygen atoms in total. The molecular weight excluding hydrogens is 208 g/mol. The predicted octanol–water partition coefficient (Wildman–Crippen LogP) is 2.84. The van der Waals surface area contributed by atoms with E-state index in [1.165, 1.54) is 45.4 Å². The molecule has 0 aromatic heterocycles. The van der Waals surface area contributed by atoms with Gasteiger partial charge in [0.05, 0.1) is 0 Å². The first kappa shape index (κ1) is 13.4. The molecule has 2 aliphatic heterocycles. The number of fused-ring (bicyclic) bond motifs is 2. The highest BCUT2D eigenvalue weighted by Gasteiger charge is 2.39. The third kappa shape index (κ3) is 3.45. The number of nitrogens with zero attached hydrogens (tertiary/aromatic N) is 2. The third-order valence-corrected chi connectivity index (χ3v) is 4.30. The Morgan fingerprint density at radius 3 is 2.00 bits per heavy atom. The van der Waals surface area contributed by atoms with Gasteiger partial charge in [0.15, 0.2) is 0 Å². The maximum atomic E-state index is 2.82. The molecule has 2 heterocycles. The number of hydrogen-bond acceptors (Lipinski definition) is 2. The van der Waals surface area contributed by atoms with Crippen LogP contribution in [0.5, 0.6) is 0 Å². The highest BCUT2D eigenvalue weighted by atomic mass is 15.3. The first-order valence-electron chi connectivity index (χ1n) is 7.54. The summed E-state index contributed by atoms with van der Waals surface area (Å²) < 4.78 is 0. The summed E-state index contributed by atoms with van der Waals surface area (Å²) in [6, 6.07) is 1.73. The average molecular weight is 238 g/mol. The van der Waals surface area contributed by atoms with Crippen LogP contribution in [0.25, 0.3) is 0 Å². The molecule has 2 atom stereocenters. The smallest absolute Gasteiger partial charge is 0.0227 e. The highest BCUT2D eigenvalue weighted by molar-refractivity contribution is 4.95. The van der Waals surface area contributed by atoms with Crippen LogP contribution in [-0.4, -0.2) is 48.1 Å². The van der Waals surface area contributed by atoms with Crippen molar-refractivity contribution in [2.45, 2.75) is 59.0 Å². The first-order valence-corrected chi connectivity index (χ1v) is 7.54. The summed E-state index contributed by atoms with van der Waals surface area (Å²) in [5, 5.41) is 0. The Kier molecular flexibility index (Phi) is 4.48. The van der Waals surface area contributed by atoms with E-state index in [1.807, 2.05) is 0 Å². The molecule has 0 saturated carbocycles. The molecular formula is C15H30N2. The molecule has 0 aliphatic carbocycles. The fraction of sp³-hybridized carbons (Fsp3) is 1.00. The Bertz CT molecular complexity index is 223. The van der Waals surface area contributed by atoms with Crippen molar-refractivity contribution < 1.29 is 0 Å². The lowest BCUT2D eigenvalue weighted by atomic mass is 10.1. The van der Waals surface area contributed by atoms with E-state index in [-0.39, 0.29) is 0 Å². The summed E-state index contributed by atoms with van der Waals surface area (Å²) in [6.07, 6.45) is 4.26. The standard InChI is InChI=1S/C15H30N2/c1-12(2)7-8-17-14-5-6-15(17)11-16(10-14)9-13(3)4/h12-15H,5-11H2,1-4H3/t14-,15?/m0/s1. The molecule has 0 amide bonds. The number of likely N-dealkylation sites (tertiary alicyclic amines) is 1. The Balaban J connectivity index is 1.84. The lowest BCUT2D eigenvalue weighted by Crippen LogP contribution is -2.54. The molecule has 2 heteroatoms. The van der Waals surface area contributed by atoms with Crippen LogP contribution >= 0.6 is 0 Å². The molecule has 0 N–H and O–H groups in total. The summed E-state index contributed by atoms with van der Waals surface area (Å²) >= 11 is 0. The topological polar surface area (TPSA) is 6.48 Å². The fourth-order valence-electron chi connectivity index (χ4n) is 3.52. The molecule has 2 fully saturated rings. The SMILES string of the molecule is CC(C)CCN1C2CC[C@H]1CN(CC(C)C)C2. The molecule has 2 rings (SSSR count). The summed E-state index contributed by atoms with van der Waals surface area (Å²) in [7, 11) is 0. The molecule has 1 unspecified atom stereocenters. The number of hydrogen-bond donors (Lipinski definition) is 0. The zero-order valence-corrected chi connectivity index (χ0v) is 12.2. The third-order valence-electron chi connectivity index (χ3n) is 4.30. The molecule has 2 saturated heterocycles.